The fourth-order valence-corrected chi connectivity index (χ4v) is 20.3. The zero-order valence-electron chi connectivity index (χ0n) is 15.7. The molecule has 0 saturated heterocycles. The van der Waals surface area contributed by atoms with Gasteiger partial charge in [-0.15, -0.1) is 0 Å². The van der Waals surface area contributed by atoms with Crippen molar-refractivity contribution in [1.29, 1.82) is 0 Å². The van der Waals surface area contributed by atoms with Gasteiger partial charge in [-0.3, -0.25) is 0 Å². The zero-order chi connectivity index (χ0) is 17.8. The summed E-state index contributed by atoms with van der Waals surface area (Å²) in [6.07, 6.45) is 8.91. The second-order valence-corrected chi connectivity index (χ2v) is 20.0. The van der Waals surface area contributed by atoms with Crippen LogP contribution in [0.3, 0.4) is 0 Å². The van der Waals surface area contributed by atoms with Crippen LogP contribution >= 0.6 is 0 Å². The van der Waals surface area contributed by atoms with Crippen LogP contribution < -0.4 is 0 Å². The first-order valence-electron chi connectivity index (χ1n) is 9.60. The van der Waals surface area contributed by atoms with Gasteiger partial charge in [0.1, 0.15) is 0 Å². The number of carboxylic acid groups (broad SMARTS) is 1. The Morgan fingerprint density at radius 1 is 0.917 bits per heavy atom. The Balaban J connectivity index is 3.37. The Morgan fingerprint density at radius 3 is 1.75 bits per heavy atom. The van der Waals surface area contributed by atoms with E-state index in [-0.39, 0.29) is 0 Å². The van der Waals surface area contributed by atoms with Crippen LogP contribution in [0.1, 0.15) is 64.9 Å². The van der Waals surface area contributed by atoms with Gasteiger partial charge in [0.25, 0.3) is 0 Å². The van der Waals surface area contributed by atoms with Gasteiger partial charge in [-0.25, -0.2) is 0 Å². The van der Waals surface area contributed by atoms with Gasteiger partial charge in [-0.05, 0) is 0 Å². The summed E-state index contributed by atoms with van der Waals surface area (Å²) >= 11 is -2.73. The number of hydrogen-bond acceptors (Lipinski definition) is 1. The van der Waals surface area contributed by atoms with E-state index in [1.54, 1.807) is 6.08 Å². The minimum absolute atomic E-state index is 0.778. The van der Waals surface area contributed by atoms with Crippen molar-refractivity contribution < 1.29 is 9.90 Å². The number of rotatable bonds is 12. The summed E-state index contributed by atoms with van der Waals surface area (Å²) in [5, 5.41) is 9.54. The molecular weight excluding hydrogens is 403 g/mol. The Kier molecular flexibility index (Phi) is 10.4. The summed E-state index contributed by atoms with van der Waals surface area (Å²) in [5.41, 5.74) is 1.17. The van der Waals surface area contributed by atoms with Gasteiger partial charge in [-0.2, -0.15) is 0 Å². The van der Waals surface area contributed by atoms with E-state index in [9.17, 15) is 9.90 Å². The molecule has 0 aliphatic heterocycles. The maximum atomic E-state index is 11.6. The Labute approximate surface area is 152 Å². The van der Waals surface area contributed by atoms with Crippen molar-refractivity contribution in [3.8, 4) is 0 Å². The molecule has 0 saturated carbocycles. The van der Waals surface area contributed by atoms with Crippen LogP contribution in [0.15, 0.2) is 36.4 Å². The third-order valence-electron chi connectivity index (χ3n) is 4.95. The molecule has 1 aromatic carbocycles. The molecule has 2 nitrogen and oxygen atoms in total. The molecular formula is C21H34O2Sn. The maximum absolute atomic E-state index is 11.6. The predicted octanol–water partition coefficient (Wildman–Crippen LogP) is 6.54. The van der Waals surface area contributed by atoms with Crippen molar-refractivity contribution in [2.75, 3.05) is 0 Å². The first-order chi connectivity index (χ1) is 11.6. The van der Waals surface area contributed by atoms with Gasteiger partial charge < -0.3 is 0 Å². The Bertz CT molecular complexity index is 486. The van der Waals surface area contributed by atoms with Gasteiger partial charge in [0.15, 0.2) is 0 Å². The van der Waals surface area contributed by atoms with E-state index in [1.165, 1.54) is 61.0 Å². The van der Waals surface area contributed by atoms with Crippen LogP contribution in [0.25, 0.3) is 3.59 Å². The quantitative estimate of drug-likeness (QED) is 0.298. The molecule has 134 valence electrons. The molecule has 0 aromatic heterocycles. The fourth-order valence-electron chi connectivity index (χ4n) is 3.61. The molecule has 0 bridgehead atoms. The number of unbranched alkanes of at least 4 members (excludes halogenated alkanes) is 3. The van der Waals surface area contributed by atoms with E-state index in [0.717, 1.165) is 0 Å². The molecule has 1 rings (SSSR count). The van der Waals surface area contributed by atoms with E-state index >= 15 is 0 Å². The first kappa shape index (κ1) is 21.3. The Morgan fingerprint density at radius 2 is 1.38 bits per heavy atom. The summed E-state index contributed by atoms with van der Waals surface area (Å²) in [4.78, 5) is 11.6. The predicted molar refractivity (Wildman–Crippen MR) is 107 cm³/mol. The summed E-state index contributed by atoms with van der Waals surface area (Å²) in [5.74, 6) is -0.778. The number of carboxylic acids is 1. The molecule has 0 unspecified atom stereocenters. The fraction of sp³-hybridized carbons (Fsp3) is 0.571. The van der Waals surface area contributed by atoms with Crippen molar-refractivity contribution in [2.45, 2.75) is 72.6 Å². The van der Waals surface area contributed by atoms with E-state index in [2.05, 4.69) is 32.9 Å². The summed E-state index contributed by atoms with van der Waals surface area (Å²) < 4.78 is 5.12. The van der Waals surface area contributed by atoms with Crippen LogP contribution in [0.5, 0.6) is 0 Å². The van der Waals surface area contributed by atoms with Crippen molar-refractivity contribution in [3.05, 3.63) is 42.0 Å². The van der Waals surface area contributed by atoms with Gasteiger partial charge >= 0.3 is 152 Å². The van der Waals surface area contributed by atoms with E-state index in [1.807, 2.05) is 18.2 Å². The molecule has 0 aliphatic carbocycles. The summed E-state index contributed by atoms with van der Waals surface area (Å²) in [6.45, 7) is 6.75. The number of benzene rings is 1. The van der Waals surface area contributed by atoms with E-state index in [4.69, 9.17) is 0 Å². The average molecular weight is 437 g/mol. The van der Waals surface area contributed by atoms with Crippen molar-refractivity contribution in [1.82, 2.24) is 0 Å². The van der Waals surface area contributed by atoms with Gasteiger partial charge in [-0.1, -0.05) is 0 Å². The second kappa shape index (κ2) is 11.7. The van der Waals surface area contributed by atoms with Crippen molar-refractivity contribution in [3.63, 3.8) is 0 Å². The molecule has 0 fully saturated rings. The average Bonchev–Trinajstić information content (AvgIpc) is 2.60. The summed E-state index contributed by atoms with van der Waals surface area (Å²) in [6, 6.07) is 10.3. The van der Waals surface area contributed by atoms with Crippen LogP contribution in [-0.2, 0) is 4.79 Å². The zero-order valence-corrected chi connectivity index (χ0v) is 18.5. The first-order valence-corrected chi connectivity index (χ1v) is 17.1. The normalized spacial score (nSPS) is 12.4. The second-order valence-electron chi connectivity index (χ2n) is 6.85. The molecule has 0 radical (unpaired) electrons. The minimum atomic E-state index is -2.73. The number of aliphatic carboxylic acids is 1. The van der Waals surface area contributed by atoms with E-state index in [0.29, 0.717) is 0 Å². The van der Waals surface area contributed by atoms with Gasteiger partial charge in [0.2, 0.25) is 0 Å². The van der Waals surface area contributed by atoms with Crippen LogP contribution in [-0.4, -0.2) is 29.5 Å². The molecule has 0 amide bonds. The molecule has 24 heavy (non-hydrogen) atoms. The topological polar surface area (TPSA) is 37.3 Å². The molecule has 3 heteroatoms. The standard InChI is InChI=1S/C9H7O2.3C4H9.Sn/c10-9(11)7-6-8-4-2-1-3-5-8;3*1-3-4-2;/h1-5,7H,(H,10,11);3*1,3-4H2,2H3;. The SMILES string of the molecule is CCC[CH2][Sn]([CH2]CCC)([CH2]CCC)/[C](=C/C(=O)O)c1ccccc1. The summed E-state index contributed by atoms with van der Waals surface area (Å²) in [7, 11) is 0. The van der Waals surface area contributed by atoms with Crippen LogP contribution in [0.4, 0.5) is 0 Å². The third-order valence-corrected chi connectivity index (χ3v) is 20.7. The number of carbonyl (C=O) groups is 1. The molecule has 1 aromatic rings. The van der Waals surface area contributed by atoms with Gasteiger partial charge in [0, 0.05) is 0 Å². The van der Waals surface area contributed by atoms with Crippen molar-refractivity contribution >= 4 is 27.9 Å². The molecule has 0 heterocycles. The monoisotopic (exact) mass is 438 g/mol. The van der Waals surface area contributed by atoms with Crippen LogP contribution in [0.2, 0.25) is 13.3 Å². The van der Waals surface area contributed by atoms with Crippen molar-refractivity contribution in [2.24, 2.45) is 0 Å². The molecule has 0 spiro atoms. The Hall–Kier alpha value is -0.771. The molecule has 0 aliphatic rings. The molecule has 0 atom stereocenters. The van der Waals surface area contributed by atoms with Gasteiger partial charge in [0.05, 0.1) is 0 Å². The number of hydrogen-bond donors (Lipinski definition) is 1. The molecule has 1 N–H and O–H groups in total. The van der Waals surface area contributed by atoms with E-state index < -0.39 is 24.3 Å². The third kappa shape index (κ3) is 6.62. The van der Waals surface area contributed by atoms with Crippen LogP contribution in [0, 0.1) is 0 Å².